The van der Waals surface area contributed by atoms with Gasteiger partial charge in [-0.1, -0.05) is 18.2 Å². The second-order valence-corrected chi connectivity index (χ2v) is 5.20. The molecule has 0 bridgehead atoms. The first-order valence-electron chi connectivity index (χ1n) is 7.49. The van der Waals surface area contributed by atoms with Crippen LogP contribution in [-0.2, 0) is 14.4 Å². The van der Waals surface area contributed by atoms with Crippen LogP contribution in [0.1, 0.15) is 18.1 Å². The van der Waals surface area contributed by atoms with E-state index in [1.54, 1.807) is 6.92 Å². The average Bonchev–Trinajstić information content (AvgIpc) is 2.53. The molecule has 0 aliphatic rings. The number of nitrogens with zero attached hydrogens (tertiary/aromatic N) is 1. The third kappa shape index (κ3) is 5.71. The normalized spacial score (nSPS) is 10.1. The SMILES string of the molecule is CCN(CC(=O)Nc1c(C)cccc1C)C(=O)CNC(=O)CN. The second-order valence-electron chi connectivity index (χ2n) is 5.20. The fourth-order valence-electron chi connectivity index (χ4n) is 2.10. The summed E-state index contributed by atoms with van der Waals surface area (Å²) in [6, 6.07) is 5.74. The minimum absolute atomic E-state index is 0.0679. The monoisotopic (exact) mass is 320 g/mol. The Hall–Kier alpha value is -2.41. The van der Waals surface area contributed by atoms with Crippen LogP contribution in [0.4, 0.5) is 5.69 Å². The van der Waals surface area contributed by atoms with Crippen molar-refractivity contribution in [3.63, 3.8) is 0 Å². The molecule has 0 unspecified atom stereocenters. The van der Waals surface area contributed by atoms with Gasteiger partial charge in [0.15, 0.2) is 0 Å². The van der Waals surface area contributed by atoms with Crippen molar-refractivity contribution in [2.45, 2.75) is 20.8 Å². The van der Waals surface area contributed by atoms with Gasteiger partial charge in [0.25, 0.3) is 0 Å². The van der Waals surface area contributed by atoms with E-state index in [1.807, 2.05) is 32.0 Å². The highest BCUT2D eigenvalue weighted by atomic mass is 16.2. The van der Waals surface area contributed by atoms with Crippen LogP contribution in [-0.4, -0.2) is 48.8 Å². The number of anilines is 1. The molecular weight excluding hydrogens is 296 g/mol. The van der Waals surface area contributed by atoms with Crippen LogP contribution in [0, 0.1) is 13.8 Å². The molecule has 0 saturated carbocycles. The third-order valence-corrected chi connectivity index (χ3v) is 3.44. The molecule has 4 N–H and O–H groups in total. The zero-order valence-electron chi connectivity index (χ0n) is 13.8. The number of carbonyl (C=O) groups excluding carboxylic acids is 3. The van der Waals surface area contributed by atoms with Crippen molar-refractivity contribution in [1.82, 2.24) is 10.2 Å². The lowest BCUT2D eigenvalue weighted by Crippen LogP contribution is -2.44. The maximum Gasteiger partial charge on any atom is 0.244 e. The lowest BCUT2D eigenvalue weighted by atomic mass is 10.1. The number of aryl methyl sites for hydroxylation is 2. The summed E-state index contributed by atoms with van der Waals surface area (Å²) in [6.45, 7) is 5.56. The van der Waals surface area contributed by atoms with E-state index in [4.69, 9.17) is 5.73 Å². The van der Waals surface area contributed by atoms with Crippen molar-refractivity contribution in [1.29, 1.82) is 0 Å². The van der Waals surface area contributed by atoms with Gasteiger partial charge in [-0.25, -0.2) is 0 Å². The van der Waals surface area contributed by atoms with E-state index in [9.17, 15) is 14.4 Å². The van der Waals surface area contributed by atoms with Gasteiger partial charge in [0, 0.05) is 12.2 Å². The Morgan fingerprint density at radius 2 is 1.74 bits per heavy atom. The van der Waals surface area contributed by atoms with E-state index in [2.05, 4.69) is 10.6 Å². The molecule has 1 aromatic rings. The van der Waals surface area contributed by atoms with Crippen LogP contribution in [0.2, 0.25) is 0 Å². The predicted octanol–water partition coefficient (Wildman–Crippen LogP) is 0.165. The second kappa shape index (κ2) is 8.89. The van der Waals surface area contributed by atoms with Crippen molar-refractivity contribution < 1.29 is 14.4 Å². The van der Waals surface area contributed by atoms with E-state index in [1.165, 1.54) is 4.90 Å². The van der Waals surface area contributed by atoms with E-state index in [0.29, 0.717) is 6.54 Å². The predicted molar refractivity (Wildman–Crippen MR) is 88.9 cm³/mol. The highest BCUT2D eigenvalue weighted by molar-refractivity contribution is 5.96. The molecule has 0 atom stereocenters. The Balaban J connectivity index is 2.63. The zero-order valence-corrected chi connectivity index (χ0v) is 13.8. The maximum atomic E-state index is 12.2. The molecule has 0 aliphatic heterocycles. The van der Waals surface area contributed by atoms with Gasteiger partial charge in [0.05, 0.1) is 19.6 Å². The maximum absolute atomic E-state index is 12.2. The Labute approximate surface area is 136 Å². The Morgan fingerprint density at radius 1 is 1.13 bits per heavy atom. The van der Waals surface area contributed by atoms with E-state index in [0.717, 1.165) is 16.8 Å². The van der Waals surface area contributed by atoms with Gasteiger partial charge in [-0.15, -0.1) is 0 Å². The smallest absolute Gasteiger partial charge is 0.244 e. The van der Waals surface area contributed by atoms with Crippen molar-refractivity contribution in [2.75, 3.05) is 31.5 Å². The highest BCUT2D eigenvalue weighted by Crippen LogP contribution is 2.19. The molecule has 0 heterocycles. The first kappa shape index (κ1) is 18.6. The average molecular weight is 320 g/mol. The Kier molecular flexibility index (Phi) is 7.21. The van der Waals surface area contributed by atoms with Gasteiger partial charge < -0.3 is 21.3 Å². The number of amides is 3. The Bertz CT molecular complexity index is 566. The fraction of sp³-hybridized carbons (Fsp3) is 0.438. The summed E-state index contributed by atoms with van der Waals surface area (Å²) in [7, 11) is 0. The van der Waals surface area contributed by atoms with E-state index in [-0.39, 0.29) is 31.4 Å². The van der Waals surface area contributed by atoms with Crippen LogP contribution in [0.5, 0.6) is 0 Å². The molecule has 0 saturated heterocycles. The van der Waals surface area contributed by atoms with E-state index < -0.39 is 5.91 Å². The van der Waals surface area contributed by atoms with Crippen LogP contribution in [0.25, 0.3) is 0 Å². The number of hydrogen-bond acceptors (Lipinski definition) is 4. The first-order valence-corrected chi connectivity index (χ1v) is 7.49. The van der Waals surface area contributed by atoms with Crippen molar-refractivity contribution in [3.8, 4) is 0 Å². The summed E-state index contributed by atoms with van der Waals surface area (Å²) in [4.78, 5) is 36.6. The summed E-state index contributed by atoms with van der Waals surface area (Å²) in [5, 5.41) is 5.24. The number of likely N-dealkylation sites (N-methyl/N-ethyl adjacent to an activating group) is 1. The molecule has 7 nitrogen and oxygen atoms in total. The number of nitrogens with two attached hydrogens (primary N) is 1. The molecule has 0 spiro atoms. The molecule has 126 valence electrons. The lowest BCUT2D eigenvalue weighted by Gasteiger charge is -2.21. The number of rotatable bonds is 7. The van der Waals surface area contributed by atoms with Crippen molar-refractivity contribution in [2.24, 2.45) is 5.73 Å². The minimum atomic E-state index is -0.408. The Morgan fingerprint density at radius 3 is 2.26 bits per heavy atom. The van der Waals surface area contributed by atoms with Gasteiger partial charge in [0.2, 0.25) is 17.7 Å². The standard InChI is InChI=1S/C16H24N4O3/c1-4-20(15(23)9-18-13(21)8-17)10-14(22)19-16-11(2)6-5-7-12(16)3/h5-7H,4,8-10,17H2,1-3H3,(H,18,21)(H,19,22). The van der Waals surface area contributed by atoms with Gasteiger partial charge in [-0.3, -0.25) is 14.4 Å². The van der Waals surface area contributed by atoms with Crippen LogP contribution >= 0.6 is 0 Å². The number of nitrogens with one attached hydrogen (secondary N) is 2. The largest absolute Gasteiger partial charge is 0.346 e. The number of carbonyl (C=O) groups is 3. The van der Waals surface area contributed by atoms with Crippen LogP contribution in [0.3, 0.4) is 0 Å². The summed E-state index contributed by atoms with van der Waals surface area (Å²) in [5.41, 5.74) is 7.84. The molecule has 0 aliphatic carbocycles. The summed E-state index contributed by atoms with van der Waals surface area (Å²) in [5.74, 6) is -1.01. The summed E-state index contributed by atoms with van der Waals surface area (Å²) < 4.78 is 0. The third-order valence-electron chi connectivity index (χ3n) is 3.44. The van der Waals surface area contributed by atoms with Gasteiger partial charge >= 0.3 is 0 Å². The molecule has 23 heavy (non-hydrogen) atoms. The number of benzene rings is 1. The van der Waals surface area contributed by atoms with Crippen LogP contribution in [0.15, 0.2) is 18.2 Å². The topological polar surface area (TPSA) is 105 Å². The molecule has 1 rings (SSSR count). The zero-order chi connectivity index (χ0) is 17.4. The number of hydrogen-bond donors (Lipinski definition) is 3. The summed E-state index contributed by atoms with van der Waals surface area (Å²) >= 11 is 0. The van der Waals surface area contributed by atoms with Gasteiger partial charge in [0.1, 0.15) is 0 Å². The minimum Gasteiger partial charge on any atom is -0.346 e. The van der Waals surface area contributed by atoms with Gasteiger partial charge in [-0.05, 0) is 31.9 Å². The lowest BCUT2D eigenvalue weighted by molar-refractivity contribution is -0.135. The first-order chi connectivity index (χ1) is 10.9. The molecule has 1 aromatic carbocycles. The quantitative estimate of drug-likeness (QED) is 0.666. The number of para-hydroxylation sites is 1. The highest BCUT2D eigenvalue weighted by Gasteiger charge is 2.17. The summed E-state index contributed by atoms with van der Waals surface area (Å²) in [6.07, 6.45) is 0. The molecule has 3 amide bonds. The molecule has 0 fully saturated rings. The van der Waals surface area contributed by atoms with Crippen molar-refractivity contribution >= 4 is 23.4 Å². The van der Waals surface area contributed by atoms with Gasteiger partial charge in [-0.2, -0.15) is 0 Å². The molecule has 7 heteroatoms. The van der Waals surface area contributed by atoms with Crippen LogP contribution < -0.4 is 16.4 Å². The molecule has 0 radical (unpaired) electrons. The molecule has 0 aromatic heterocycles. The fourth-order valence-corrected chi connectivity index (χ4v) is 2.10. The van der Waals surface area contributed by atoms with E-state index >= 15 is 0 Å². The molecular formula is C16H24N4O3. The van der Waals surface area contributed by atoms with Crippen molar-refractivity contribution in [3.05, 3.63) is 29.3 Å².